The summed E-state index contributed by atoms with van der Waals surface area (Å²) in [4.78, 5) is 0. The maximum Gasteiger partial charge on any atom is -0.0238 e. The van der Waals surface area contributed by atoms with E-state index in [0.29, 0.717) is 0 Å². The molecule has 0 heterocycles. The number of aryl methyl sites for hydroxylation is 1. The van der Waals surface area contributed by atoms with E-state index in [1.165, 1.54) is 5.56 Å². The largest absolute Gasteiger partial charge is 0.0561 e. The number of hydrogen-bond acceptors (Lipinski definition) is 0. The van der Waals surface area contributed by atoms with Crippen LogP contribution in [0.1, 0.15) is 16.7 Å². The standard InChI is InChI=1S/C9H10/c1-7-4-8(2)6-9(3)5-7/h4-6H,1-2H2,3H3. The molecule has 0 amide bonds. The number of hydrogen-bond donors (Lipinski definition) is 0. The third kappa shape index (κ3) is 1.56. The van der Waals surface area contributed by atoms with Crippen LogP contribution in [0.4, 0.5) is 0 Å². The third-order valence-corrected chi connectivity index (χ3v) is 1.20. The summed E-state index contributed by atoms with van der Waals surface area (Å²) in [5.74, 6) is 0. The zero-order valence-electron chi connectivity index (χ0n) is 5.65. The van der Waals surface area contributed by atoms with Crippen molar-refractivity contribution in [1.82, 2.24) is 0 Å². The fourth-order valence-electron chi connectivity index (χ4n) is 0.948. The van der Waals surface area contributed by atoms with Crippen LogP contribution >= 0.6 is 0 Å². The van der Waals surface area contributed by atoms with Crippen molar-refractivity contribution in [3.63, 3.8) is 0 Å². The first kappa shape index (κ1) is 6.34. The summed E-state index contributed by atoms with van der Waals surface area (Å²) in [7, 11) is 0. The molecule has 9 heavy (non-hydrogen) atoms. The fraction of sp³-hybridized carbons (Fsp3) is 0.111. The second kappa shape index (κ2) is 2.22. The van der Waals surface area contributed by atoms with Crippen molar-refractivity contribution in [2.75, 3.05) is 0 Å². The maximum atomic E-state index is 3.80. The molecule has 0 saturated carbocycles. The highest BCUT2D eigenvalue weighted by Crippen LogP contribution is 2.06. The van der Waals surface area contributed by atoms with Gasteiger partial charge in [-0.1, -0.05) is 23.8 Å². The highest BCUT2D eigenvalue weighted by atomic mass is 13.9. The predicted molar refractivity (Wildman–Crippen MR) is 40.1 cm³/mol. The molecule has 0 saturated heterocycles. The average Bonchev–Trinajstić information content (AvgIpc) is 1.59. The molecule has 2 radical (unpaired) electrons. The van der Waals surface area contributed by atoms with Gasteiger partial charge in [0, 0.05) is 0 Å². The monoisotopic (exact) mass is 118 g/mol. The Morgan fingerprint density at radius 2 is 1.44 bits per heavy atom. The molecular formula is C9H10. The van der Waals surface area contributed by atoms with Crippen LogP contribution < -0.4 is 0 Å². The van der Waals surface area contributed by atoms with Crippen LogP contribution in [0.3, 0.4) is 0 Å². The molecule has 0 aromatic heterocycles. The Hall–Kier alpha value is -0.780. The zero-order valence-corrected chi connectivity index (χ0v) is 5.65. The highest BCUT2D eigenvalue weighted by molar-refractivity contribution is 5.32. The first-order chi connectivity index (χ1) is 4.18. The average molecular weight is 118 g/mol. The van der Waals surface area contributed by atoms with E-state index in [4.69, 9.17) is 0 Å². The molecule has 0 atom stereocenters. The molecule has 1 aromatic carbocycles. The van der Waals surface area contributed by atoms with Gasteiger partial charge in [-0.3, -0.25) is 0 Å². The van der Waals surface area contributed by atoms with Gasteiger partial charge in [0.1, 0.15) is 0 Å². The molecule has 0 spiro atoms. The van der Waals surface area contributed by atoms with Crippen LogP contribution in [0, 0.1) is 20.8 Å². The Labute approximate surface area is 56.5 Å². The Kier molecular flexibility index (Phi) is 1.56. The van der Waals surface area contributed by atoms with Crippen molar-refractivity contribution in [3.8, 4) is 0 Å². The Morgan fingerprint density at radius 3 is 1.78 bits per heavy atom. The smallest absolute Gasteiger partial charge is 0.0238 e. The summed E-state index contributed by atoms with van der Waals surface area (Å²) in [6.07, 6.45) is 0. The van der Waals surface area contributed by atoms with E-state index in [1.54, 1.807) is 0 Å². The molecule has 0 aliphatic heterocycles. The van der Waals surface area contributed by atoms with Gasteiger partial charge in [-0.05, 0) is 31.9 Å². The zero-order chi connectivity index (χ0) is 6.85. The number of rotatable bonds is 0. The van der Waals surface area contributed by atoms with Crippen molar-refractivity contribution < 1.29 is 0 Å². The summed E-state index contributed by atoms with van der Waals surface area (Å²) in [5, 5.41) is 0. The molecule has 0 fully saturated rings. The van der Waals surface area contributed by atoms with Gasteiger partial charge in [0.25, 0.3) is 0 Å². The van der Waals surface area contributed by atoms with E-state index in [2.05, 4.69) is 13.8 Å². The van der Waals surface area contributed by atoms with Gasteiger partial charge in [0.05, 0.1) is 0 Å². The van der Waals surface area contributed by atoms with Crippen molar-refractivity contribution >= 4 is 0 Å². The van der Waals surface area contributed by atoms with Crippen LogP contribution in [-0.4, -0.2) is 0 Å². The van der Waals surface area contributed by atoms with Gasteiger partial charge in [-0.25, -0.2) is 0 Å². The van der Waals surface area contributed by atoms with E-state index in [0.717, 1.165) is 11.1 Å². The topological polar surface area (TPSA) is 0 Å². The molecule has 0 aliphatic rings. The lowest BCUT2D eigenvalue weighted by Crippen LogP contribution is -1.78. The van der Waals surface area contributed by atoms with Crippen LogP contribution in [0.25, 0.3) is 0 Å². The van der Waals surface area contributed by atoms with E-state index >= 15 is 0 Å². The minimum Gasteiger partial charge on any atom is -0.0561 e. The van der Waals surface area contributed by atoms with Crippen molar-refractivity contribution in [1.29, 1.82) is 0 Å². The van der Waals surface area contributed by atoms with Gasteiger partial charge in [-0.2, -0.15) is 0 Å². The fourth-order valence-corrected chi connectivity index (χ4v) is 0.948. The van der Waals surface area contributed by atoms with Gasteiger partial charge >= 0.3 is 0 Å². The maximum absolute atomic E-state index is 3.80. The molecule has 0 nitrogen and oxygen atoms in total. The minimum absolute atomic E-state index is 1.04. The SMILES string of the molecule is [CH2]c1cc([CH2])cc(C)c1. The quantitative estimate of drug-likeness (QED) is 0.490. The highest BCUT2D eigenvalue weighted by Gasteiger charge is 1.87. The van der Waals surface area contributed by atoms with E-state index in [-0.39, 0.29) is 0 Å². The summed E-state index contributed by atoms with van der Waals surface area (Å²) >= 11 is 0. The minimum atomic E-state index is 1.04. The first-order valence-electron chi connectivity index (χ1n) is 2.94. The molecule has 0 bridgehead atoms. The Morgan fingerprint density at radius 1 is 1.00 bits per heavy atom. The summed E-state index contributed by atoms with van der Waals surface area (Å²) < 4.78 is 0. The van der Waals surface area contributed by atoms with Crippen molar-refractivity contribution in [2.45, 2.75) is 6.92 Å². The molecular weight excluding hydrogens is 108 g/mol. The third-order valence-electron chi connectivity index (χ3n) is 1.20. The van der Waals surface area contributed by atoms with E-state index in [9.17, 15) is 0 Å². The summed E-state index contributed by atoms with van der Waals surface area (Å²) in [5.41, 5.74) is 3.31. The molecule has 0 heteroatoms. The van der Waals surface area contributed by atoms with Gasteiger partial charge in [0.2, 0.25) is 0 Å². The Balaban J connectivity index is 3.17. The van der Waals surface area contributed by atoms with Crippen molar-refractivity contribution in [2.24, 2.45) is 0 Å². The first-order valence-corrected chi connectivity index (χ1v) is 2.94. The molecule has 46 valence electrons. The molecule has 0 N–H and O–H groups in total. The molecule has 1 rings (SSSR count). The number of benzene rings is 1. The van der Waals surface area contributed by atoms with Gasteiger partial charge in [-0.15, -0.1) is 0 Å². The van der Waals surface area contributed by atoms with Crippen LogP contribution in [0.5, 0.6) is 0 Å². The van der Waals surface area contributed by atoms with Gasteiger partial charge in [0.15, 0.2) is 0 Å². The van der Waals surface area contributed by atoms with Crippen LogP contribution in [-0.2, 0) is 0 Å². The van der Waals surface area contributed by atoms with Gasteiger partial charge < -0.3 is 0 Å². The lowest BCUT2D eigenvalue weighted by atomic mass is 10.1. The molecule has 1 aromatic rings. The van der Waals surface area contributed by atoms with Crippen molar-refractivity contribution in [3.05, 3.63) is 48.7 Å². The summed E-state index contributed by atoms with van der Waals surface area (Å²) in [6.45, 7) is 9.65. The van der Waals surface area contributed by atoms with Crippen LogP contribution in [0.15, 0.2) is 18.2 Å². The second-order valence-electron chi connectivity index (χ2n) is 2.33. The second-order valence-corrected chi connectivity index (χ2v) is 2.33. The predicted octanol–water partition coefficient (Wildman–Crippen LogP) is 2.36. The lowest BCUT2D eigenvalue weighted by molar-refractivity contribution is 1.41. The Bertz CT molecular complexity index is 161. The normalized spacial score (nSPS) is 9.67. The van der Waals surface area contributed by atoms with E-state index < -0.39 is 0 Å². The summed E-state index contributed by atoms with van der Waals surface area (Å²) in [6, 6.07) is 6.04. The van der Waals surface area contributed by atoms with E-state index in [1.807, 2.05) is 25.1 Å². The molecule has 0 unspecified atom stereocenters. The van der Waals surface area contributed by atoms with Crippen LogP contribution in [0.2, 0.25) is 0 Å². The molecule has 0 aliphatic carbocycles. The lowest BCUT2D eigenvalue weighted by Gasteiger charge is -1.96.